The van der Waals surface area contributed by atoms with E-state index in [2.05, 4.69) is 5.32 Å². The lowest BCUT2D eigenvalue weighted by atomic mass is 10.2. The second kappa shape index (κ2) is 5.91. The third kappa shape index (κ3) is 2.96. The van der Waals surface area contributed by atoms with Crippen LogP contribution in [0.15, 0.2) is 24.3 Å². The summed E-state index contributed by atoms with van der Waals surface area (Å²) >= 11 is 0. The number of rotatable bonds is 4. The Hall–Kier alpha value is -1.79. The lowest BCUT2D eigenvalue weighted by molar-refractivity contribution is -0.121. The minimum absolute atomic E-state index is 0.118. The van der Waals surface area contributed by atoms with Crippen molar-refractivity contribution in [2.24, 2.45) is 0 Å². The van der Waals surface area contributed by atoms with Gasteiger partial charge in [0, 0.05) is 13.2 Å². The first kappa shape index (κ1) is 14.2. The molecular formula is C15H17FN2O3. The number of anilines is 1. The molecule has 21 heavy (non-hydrogen) atoms. The summed E-state index contributed by atoms with van der Waals surface area (Å²) in [7, 11) is 0. The molecule has 2 atom stereocenters. The van der Waals surface area contributed by atoms with Gasteiger partial charge in [-0.3, -0.25) is 9.59 Å². The fourth-order valence-electron chi connectivity index (χ4n) is 2.73. The van der Waals surface area contributed by atoms with Crippen molar-refractivity contribution in [3.05, 3.63) is 30.1 Å². The minimum Gasteiger partial charge on any atom is -0.377 e. The molecule has 0 radical (unpaired) electrons. The first-order chi connectivity index (χ1) is 10.1. The highest BCUT2D eigenvalue weighted by atomic mass is 19.1. The van der Waals surface area contributed by atoms with E-state index in [1.54, 1.807) is 0 Å². The van der Waals surface area contributed by atoms with Crippen LogP contribution < -0.4 is 10.2 Å². The van der Waals surface area contributed by atoms with Gasteiger partial charge in [0.25, 0.3) is 5.91 Å². The van der Waals surface area contributed by atoms with Gasteiger partial charge < -0.3 is 10.1 Å². The number of carbonyl (C=O) groups is 2. The number of ether oxygens (including phenoxy) is 1. The number of hydrogen-bond donors (Lipinski definition) is 1. The molecule has 2 heterocycles. The van der Waals surface area contributed by atoms with Crippen molar-refractivity contribution in [3.8, 4) is 0 Å². The molecule has 2 amide bonds. The van der Waals surface area contributed by atoms with Gasteiger partial charge in [0.2, 0.25) is 5.91 Å². The molecule has 1 aromatic carbocycles. The van der Waals surface area contributed by atoms with E-state index in [1.807, 2.05) is 0 Å². The quantitative estimate of drug-likeness (QED) is 0.848. The van der Waals surface area contributed by atoms with Gasteiger partial charge in [-0.15, -0.1) is 0 Å². The second-order valence-corrected chi connectivity index (χ2v) is 5.34. The number of benzene rings is 1. The van der Waals surface area contributed by atoms with Crippen LogP contribution in [0.4, 0.5) is 10.1 Å². The number of hydrogen-bond acceptors (Lipinski definition) is 4. The Kier molecular flexibility index (Phi) is 3.98. The SMILES string of the molecule is O=C1C[C@H](NCC2CCCO2)C(=O)N1c1ccc(F)cc1. The maximum atomic E-state index is 12.9. The summed E-state index contributed by atoms with van der Waals surface area (Å²) in [6.45, 7) is 1.33. The van der Waals surface area contributed by atoms with Gasteiger partial charge in [0.1, 0.15) is 5.82 Å². The number of imide groups is 1. The summed E-state index contributed by atoms with van der Waals surface area (Å²) in [5.41, 5.74) is 0.410. The Morgan fingerprint density at radius 2 is 2.05 bits per heavy atom. The molecule has 0 aromatic heterocycles. The lowest BCUT2D eigenvalue weighted by Gasteiger charge is -2.17. The van der Waals surface area contributed by atoms with Gasteiger partial charge in [-0.1, -0.05) is 0 Å². The average molecular weight is 292 g/mol. The van der Waals surface area contributed by atoms with Gasteiger partial charge in [0.15, 0.2) is 0 Å². The van der Waals surface area contributed by atoms with Crippen LogP contribution in [0, 0.1) is 5.82 Å². The standard InChI is InChI=1S/C15H17FN2O3/c16-10-3-5-11(6-4-10)18-14(19)8-13(15(18)20)17-9-12-2-1-7-21-12/h3-6,12-13,17H,1-2,7-9H2/t12?,13-/m0/s1. The Morgan fingerprint density at radius 1 is 1.29 bits per heavy atom. The lowest BCUT2D eigenvalue weighted by Crippen LogP contribution is -2.41. The van der Waals surface area contributed by atoms with Crippen molar-refractivity contribution in [3.63, 3.8) is 0 Å². The molecule has 6 heteroatoms. The van der Waals surface area contributed by atoms with E-state index in [0.717, 1.165) is 24.3 Å². The summed E-state index contributed by atoms with van der Waals surface area (Å²) in [4.78, 5) is 25.4. The van der Waals surface area contributed by atoms with Gasteiger partial charge in [0.05, 0.1) is 24.3 Å². The number of nitrogens with one attached hydrogen (secondary N) is 1. The molecule has 2 aliphatic rings. The van der Waals surface area contributed by atoms with Crippen molar-refractivity contribution in [2.75, 3.05) is 18.1 Å². The number of carbonyl (C=O) groups excluding carboxylic acids is 2. The second-order valence-electron chi connectivity index (χ2n) is 5.34. The first-order valence-electron chi connectivity index (χ1n) is 7.12. The maximum Gasteiger partial charge on any atom is 0.251 e. The number of amides is 2. The topological polar surface area (TPSA) is 58.6 Å². The van der Waals surface area contributed by atoms with Crippen LogP contribution >= 0.6 is 0 Å². The summed E-state index contributed by atoms with van der Waals surface area (Å²) in [5, 5.41) is 3.10. The first-order valence-corrected chi connectivity index (χ1v) is 7.12. The van der Waals surface area contributed by atoms with E-state index < -0.39 is 11.9 Å². The summed E-state index contributed by atoms with van der Waals surface area (Å²) in [5.74, 6) is -0.952. The Balaban J connectivity index is 1.65. The Bertz CT molecular complexity index is 540. The smallest absolute Gasteiger partial charge is 0.251 e. The van der Waals surface area contributed by atoms with Gasteiger partial charge in [-0.05, 0) is 37.1 Å². The molecule has 0 saturated carbocycles. The van der Waals surface area contributed by atoms with E-state index in [-0.39, 0.29) is 24.3 Å². The summed E-state index contributed by atoms with van der Waals surface area (Å²) in [6.07, 6.45) is 2.26. The van der Waals surface area contributed by atoms with Crippen LogP contribution in [0.3, 0.4) is 0 Å². The van der Waals surface area contributed by atoms with Crippen LogP contribution in [-0.4, -0.2) is 37.1 Å². The molecule has 1 aromatic rings. The van der Waals surface area contributed by atoms with Crippen LogP contribution in [-0.2, 0) is 14.3 Å². The Labute approximate surface area is 122 Å². The molecule has 0 aliphatic carbocycles. The summed E-state index contributed by atoms with van der Waals surface area (Å²) in [6, 6.07) is 4.83. The van der Waals surface area contributed by atoms with Gasteiger partial charge in [-0.2, -0.15) is 0 Å². The van der Waals surface area contributed by atoms with E-state index in [0.29, 0.717) is 12.2 Å². The van der Waals surface area contributed by atoms with Crippen molar-refractivity contribution in [1.29, 1.82) is 0 Å². The van der Waals surface area contributed by atoms with Crippen LogP contribution in [0.2, 0.25) is 0 Å². The molecule has 5 nitrogen and oxygen atoms in total. The van der Waals surface area contributed by atoms with Crippen LogP contribution in [0.25, 0.3) is 0 Å². The van der Waals surface area contributed by atoms with Crippen LogP contribution in [0.5, 0.6) is 0 Å². The third-order valence-electron chi connectivity index (χ3n) is 3.85. The highest BCUT2D eigenvalue weighted by Gasteiger charge is 2.39. The van der Waals surface area contributed by atoms with E-state index in [1.165, 1.54) is 24.3 Å². The van der Waals surface area contributed by atoms with E-state index in [4.69, 9.17) is 4.74 Å². The molecule has 2 aliphatic heterocycles. The minimum atomic E-state index is -0.522. The van der Waals surface area contributed by atoms with Crippen molar-refractivity contribution in [1.82, 2.24) is 5.32 Å². The molecule has 1 unspecified atom stereocenters. The van der Waals surface area contributed by atoms with Crippen molar-refractivity contribution in [2.45, 2.75) is 31.4 Å². The molecule has 2 saturated heterocycles. The van der Waals surface area contributed by atoms with E-state index >= 15 is 0 Å². The number of nitrogens with zero attached hydrogens (tertiary/aromatic N) is 1. The monoisotopic (exact) mass is 292 g/mol. The molecule has 0 spiro atoms. The van der Waals surface area contributed by atoms with E-state index in [9.17, 15) is 14.0 Å². The molecule has 0 bridgehead atoms. The molecule has 1 N–H and O–H groups in total. The zero-order chi connectivity index (χ0) is 14.8. The van der Waals surface area contributed by atoms with Crippen LogP contribution in [0.1, 0.15) is 19.3 Å². The molecular weight excluding hydrogens is 275 g/mol. The zero-order valence-corrected chi connectivity index (χ0v) is 11.5. The molecule has 3 rings (SSSR count). The average Bonchev–Trinajstić information content (AvgIpc) is 3.07. The third-order valence-corrected chi connectivity index (χ3v) is 3.85. The largest absolute Gasteiger partial charge is 0.377 e. The fourth-order valence-corrected chi connectivity index (χ4v) is 2.73. The predicted molar refractivity (Wildman–Crippen MR) is 74.3 cm³/mol. The highest BCUT2D eigenvalue weighted by Crippen LogP contribution is 2.23. The molecule has 2 fully saturated rings. The van der Waals surface area contributed by atoms with Crippen molar-refractivity contribution >= 4 is 17.5 Å². The summed E-state index contributed by atoms with van der Waals surface area (Å²) < 4.78 is 18.4. The zero-order valence-electron chi connectivity index (χ0n) is 11.5. The van der Waals surface area contributed by atoms with Gasteiger partial charge in [-0.25, -0.2) is 9.29 Å². The van der Waals surface area contributed by atoms with Gasteiger partial charge >= 0.3 is 0 Å². The predicted octanol–water partition coefficient (Wildman–Crippen LogP) is 1.23. The maximum absolute atomic E-state index is 12.9. The number of halogens is 1. The fraction of sp³-hybridized carbons (Fsp3) is 0.467. The Morgan fingerprint density at radius 3 is 2.71 bits per heavy atom. The normalized spacial score (nSPS) is 25.9. The van der Waals surface area contributed by atoms with Crippen molar-refractivity contribution < 1.29 is 18.7 Å². The highest BCUT2D eigenvalue weighted by molar-refractivity contribution is 6.22. The molecule has 112 valence electrons.